The molecule has 5 nitrogen and oxygen atoms in total. The van der Waals surface area contributed by atoms with Crippen LogP contribution in [0.1, 0.15) is 40.3 Å². The van der Waals surface area contributed by atoms with Crippen LogP contribution in [0.3, 0.4) is 0 Å². The van der Waals surface area contributed by atoms with E-state index in [0.29, 0.717) is 22.3 Å². The first-order valence-corrected chi connectivity index (χ1v) is 9.67. The van der Waals surface area contributed by atoms with Gasteiger partial charge in [-0.2, -0.15) is 13.2 Å². The van der Waals surface area contributed by atoms with Gasteiger partial charge in [-0.1, -0.05) is 5.16 Å². The van der Waals surface area contributed by atoms with Crippen LogP contribution in [-0.4, -0.2) is 42.1 Å². The Bertz CT molecular complexity index is 876. The molecule has 1 aliphatic heterocycles. The molecular weight excluding hydrogens is 379 g/mol. The fraction of sp³-hybridized carbons (Fsp3) is 0.556. The van der Waals surface area contributed by atoms with Crippen LogP contribution in [-0.2, 0) is 6.18 Å². The second-order valence-corrected chi connectivity index (χ2v) is 8.47. The number of nitrogens with one attached hydrogen (secondary N) is 1. The molecule has 2 atom stereocenters. The minimum Gasteiger partial charge on any atom is -0.351 e. The number of carbonyl (C=O) groups is 1. The molecule has 146 valence electrons. The molecule has 2 aromatic rings. The summed E-state index contributed by atoms with van der Waals surface area (Å²) in [5, 5.41) is 6.87. The van der Waals surface area contributed by atoms with Crippen molar-refractivity contribution in [1.29, 1.82) is 0 Å². The van der Waals surface area contributed by atoms with Crippen molar-refractivity contribution in [2.75, 3.05) is 20.1 Å². The highest BCUT2D eigenvalue weighted by Gasteiger charge is 2.55. The summed E-state index contributed by atoms with van der Waals surface area (Å²) in [7, 11) is 1.95. The SMILES string of the molecule is CNC1CC12CCCN(C(=O)c1ccc(-c3noc(C(F)(F)F)c3C)s1)C2. The number of hydrogen-bond acceptors (Lipinski definition) is 5. The predicted molar refractivity (Wildman–Crippen MR) is 94.6 cm³/mol. The second kappa shape index (κ2) is 6.34. The average Bonchev–Trinajstić information content (AvgIpc) is 2.98. The minimum absolute atomic E-state index is 0.0601. The third-order valence-electron chi connectivity index (χ3n) is 5.67. The Morgan fingerprint density at radius 1 is 1.44 bits per heavy atom. The van der Waals surface area contributed by atoms with Crippen LogP contribution in [0.25, 0.3) is 10.6 Å². The van der Waals surface area contributed by atoms with Crippen molar-refractivity contribution in [1.82, 2.24) is 15.4 Å². The molecule has 27 heavy (non-hydrogen) atoms. The number of rotatable bonds is 3. The first-order valence-electron chi connectivity index (χ1n) is 8.85. The number of likely N-dealkylation sites (tertiary alicyclic amines) is 1. The van der Waals surface area contributed by atoms with Crippen molar-refractivity contribution in [2.45, 2.75) is 38.4 Å². The van der Waals surface area contributed by atoms with Crippen LogP contribution >= 0.6 is 11.3 Å². The van der Waals surface area contributed by atoms with Crippen LogP contribution in [0.15, 0.2) is 16.7 Å². The van der Waals surface area contributed by atoms with Gasteiger partial charge in [-0.3, -0.25) is 4.79 Å². The van der Waals surface area contributed by atoms with Gasteiger partial charge in [0.25, 0.3) is 5.91 Å². The van der Waals surface area contributed by atoms with E-state index in [2.05, 4.69) is 15.0 Å². The zero-order chi connectivity index (χ0) is 19.4. The van der Waals surface area contributed by atoms with Gasteiger partial charge in [-0.15, -0.1) is 11.3 Å². The van der Waals surface area contributed by atoms with Crippen molar-refractivity contribution in [3.8, 4) is 10.6 Å². The maximum atomic E-state index is 12.9. The smallest absolute Gasteiger partial charge is 0.351 e. The van der Waals surface area contributed by atoms with Crippen molar-refractivity contribution < 1.29 is 22.5 Å². The molecule has 3 heterocycles. The van der Waals surface area contributed by atoms with Gasteiger partial charge in [0.15, 0.2) is 0 Å². The highest BCUT2D eigenvalue weighted by atomic mass is 32.1. The van der Waals surface area contributed by atoms with Gasteiger partial charge in [0.05, 0.1) is 9.75 Å². The van der Waals surface area contributed by atoms with Gasteiger partial charge in [0, 0.05) is 30.1 Å². The molecule has 2 aromatic heterocycles. The molecule has 0 aromatic carbocycles. The van der Waals surface area contributed by atoms with E-state index in [4.69, 9.17) is 0 Å². The maximum absolute atomic E-state index is 12.9. The average molecular weight is 399 g/mol. The van der Waals surface area contributed by atoms with Crippen molar-refractivity contribution in [2.24, 2.45) is 5.41 Å². The van der Waals surface area contributed by atoms with E-state index in [9.17, 15) is 18.0 Å². The minimum atomic E-state index is -4.58. The summed E-state index contributed by atoms with van der Waals surface area (Å²) < 4.78 is 43.2. The van der Waals surface area contributed by atoms with E-state index in [-0.39, 0.29) is 22.6 Å². The molecule has 2 unspecified atom stereocenters. The predicted octanol–water partition coefficient (Wildman–Crippen LogP) is 3.94. The number of carbonyl (C=O) groups excluding carboxylic acids is 1. The second-order valence-electron chi connectivity index (χ2n) is 7.38. The molecule has 9 heteroatoms. The first-order chi connectivity index (χ1) is 12.7. The Balaban J connectivity index is 1.53. The van der Waals surface area contributed by atoms with E-state index in [1.54, 1.807) is 12.1 Å². The third kappa shape index (κ3) is 3.16. The zero-order valence-electron chi connectivity index (χ0n) is 15.0. The highest BCUT2D eigenvalue weighted by Crippen LogP contribution is 2.52. The molecule has 4 rings (SSSR count). The number of hydrogen-bond donors (Lipinski definition) is 1. The van der Waals surface area contributed by atoms with E-state index < -0.39 is 11.9 Å². The molecule has 0 radical (unpaired) electrons. The zero-order valence-corrected chi connectivity index (χ0v) is 15.8. The summed E-state index contributed by atoms with van der Waals surface area (Å²) >= 11 is 1.16. The molecule has 0 bridgehead atoms. The molecule has 1 spiro atoms. The topological polar surface area (TPSA) is 58.4 Å². The molecule has 1 amide bonds. The molecular formula is C18H20F3N3O2S. The largest absolute Gasteiger partial charge is 0.452 e. The van der Waals surface area contributed by atoms with Crippen LogP contribution in [0.5, 0.6) is 0 Å². The Labute approximate surface area is 158 Å². The summed E-state index contributed by atoms with van der Waals surface area (Å²) in [5.41, 5.74) is 0.265. The summed E-state index contributed by atoms with van der Waals surface area (Å²) in [6.45, 7) is 2.77. The number of thiophene rings is 1. The van der Waals surface area contributed by atoms with Crippen LogP contribution in [0, 0.1) is 12.3 Å². The lowest BCUT2D eigenvalue weighted by atomic mass is 9.94. The van der Waals surface area contributed by atoms with Crippen molar-refractivity contribution >= 4 is 17.2 Å². The van der Waals surface area contributed by atoms with Crippen LogP contribution < -0.4 is 5.32 Å². The lowest BCUT2D eigenvalue weighted by molar-refractivity contribution is -0.156. The van der Waals surface area contributed by atoms with Crippen LogP contribution in [0.4, 0.5) is 13.2 Å². The standard InChI is InChI=1S/C18H20F3N3O2S/c1-10-14(23-26-15(10)18(19,20)21)11-4-5-12(27-11)16(25)24-7-3-6-17(9-24)8-13(17)22-2/h4-5,13,22H,3,6-9H2,1-2H3. The van der Waals surface area contributed by atoms with Gasteiger partial charge in [0.1, 0.15) is 5.69 Å². The number of alkyl halides is 3. The van der Waals surface area contributed by atoms with Crippen molar-refractivity contribution in [3.63, 3.8) is 0 Å². The van der Waals surface area contributed by atoms with Crippen molar-refractivity contribution in [3.05, 3.63) is 28.3 Å². The van der Waals surface area contributed by atoms with Gasteiger partial charge in [0.2, 0.25) is 5.76 Å². The highest BCUT2D eigenvalue weighted by molar-refractivity contribution is 7.17. The molecule has 1 N–H and O–H groups in total. The maximum Gasteiger partial charge on any atom is 0.452 e. The quantitative estimate of drug-likeness (QED) is 0.849. The van der Waals surface area contributed by atoms with E-state index in [0.717, 1.165) is 37.1 Å². The van der Waals surface area contributed by atoms with E-state index >= 15 is 0 Å². The number of amides is 1. The molecule has 2 fully saturated rings. The van der Waals surface area contributed by atoms with E-state index in [1.165, 1.54) is 6.92 Å². The summed E-state index contributed by atoms with van der Waals surface area (Å²) in [6, 6.07) is 3.76. The Morgan fingerprint density at radius 2 is 2.22 bits per heavy atom. The van der Waals surface area contributed by atoms with Gasteiger partial charge in [-0.25, -0.2) is 0 Å². The summed E-state index contributed by atoms with van der Waals surface area (Å²) in [5.74, 6) is -1.16. The Kier molecular flexibility index (Phi) is 4.34. The molecule has 2 aliphatic rings. The summed E-state index contributed by atoms with van der Waals surface area (Å²) in [6.07, 6.45) is -1.40. The van der Waals surface area contributed by atoms with Gasteiger partial charge >= 0.3 is 6.18 Å². The van der Waals surface area contributed by atoms with Crippen LogP contribution in [0.2, 0.25) is 0 Å². The lowest BCUT2D eigenvalue weighted by Gasteiger charge is -2.33. The molecule has 1 saturated heterocycles. The Hall–Kier alpha value is -1.87. The molecule has 1 saturated carbocycles. The Morgan fingerprint density at radius 3 is 2.85 bits per heavy atom. The number of nitrogens with zero attached hydrogens (tertiary/aromatic N) is 2. The summed E-state index contributed by atoms with van der Waals surface area (Å²) in [4.78, 5) is 15.8. The number of aromatic nitrogens is 1. The normalized spacial score (nSPS) is 25.2. The fourth-order valence-electron chi connectivity index (χ4n) is 4.11. The van der Waals surface area contributed by atoms with Gasteiger partial charge < -0.3 is 14.7 Å². The lowest BCUT2D eigenvalue weighted by Crippen LogP contribution is -2.42. The molecule has 1 aliphatic carbocycles. The van der Waals surface area contributed by atoms with Gasteiger partial charge in [-0.05, 0) is 45.4 Å². The first kappa shape index (κ1) is 18.5. The fourth-order valence-corrected chi connectivity index (χ4v) is 5.12. The third-order valence-corrected chi connectivity index (χ3v) is 6.75. The van der Waals surface area contributed by atoms with E-state index in [1.807, 2.05) is 11.9 Å². The number of halogens is 3. The number of piperidine rings is 1. The monoisotopic (exact) mass is 399 g/mol.